The van der Waals surface area contributed by atoms with E-state index in [-0.39, 0.29) is 12.1 Å². The Hall–Kier alpha value is -0.452. The zero-order valence-electron chi connectivity index (χ0n) is 19.9. The van der Waals surface area contributed by atoms with Gasteiger partial charge in [0.15, 0.2) is 16.6 Å². The molecule has 0 heterocycles. The summed E-state index contributed by atoms with van der Waals surface area (Å²) >= 11 is 0. The molecule has 0 radical (unpaired) electrons. The van der Waals surface area contributed by atoms with Crippen LogP contribution in [0.2, 0.25) is 58.4 Å². The fraction of sp³-hybridized carbons (Fsp3) is 0.684. The fourth-order valence-electron chi connectivity index (χ4n) is 3.52. The normalized spacial score (nSPS) is 17.7. The summed E-state index contributed by atoms with van der Waals surface area (Å²) in [7, 11) is -10.9. The van der Waals surface area contributed by atoms with Crippen LogP contribution in [0.5, 0.6) is 0 Å². The fourth-order valence-corrected chi connectivity index (χ4v) is 21.7. The summed E-state index contributed by atoms with van der Waals surface area (Å²) in [6, 6.07) is 4.71. The van der Waals surface area contributed by atoms with Crippen LogP contribution in [-0.4, -0.2) is 39.9 Å². The molecule has 0 saturated heterocycles. The van der Waals surface area contributed by atoms with Crippen molar-refractivity contribution < 1.29 is 38.7 Å². The minimum absolute atomic E-state index is 0.221. The largest absolute Gasteiger partial charge is 0.437 e. The molecule has 0 bridgehead atoms. The van der Waals surface area contributed by atoms with Crippen molar-refractivity contribution in [3.8, 4) is 0 Å². The number of benzene rings is 1. The van der Waals surface area contributed by atoms with Crippen LogP contribution in [0.1, 0.15) is 17.5 Å². The van der Waals surface area contributed by atoms with E-state index >= 15 is 0 Å². The van der Waals surface area contributed by atoms with Crippen LogP contribution in [0.4, 0.5) is 26.3 Å². The van der Waals surface area contributed by atoms with Gasteiger partial charge in [-0.1, -0.05) is 12.1 Å². The lowest BCUT2D eigenvalue weighted by Crippen LogP contribution is -2.59. The Morgan fingerprint density at radius 3 is 1.47 bits per heavy atom. The van der Waals surface area contributed by atoms with Gasteiger partial charge in [0.05, 0.1) is 5.56 Å². The van der Waals surface area contributed by atoms with Crippen LogP contribution >= 0.6 is 0 Å². The van der Waals surface area contributed by atoms with E-state index in [0.717, 1.165) is 12.1 Å². The van der Waals surface area contributed by atoms with Crippen molar-refractivity contribution in [2.45, 2.75) is 83.2 Å². The lowest BCUT2D eigenvalue weighted by Gasteiger charge is -2.43. The first-order valence-corrected chi connectivity index (χ1v) is 22.2. The summed E-state index contributed by atoms with van der Waals surface area (Å²) in [5.74, 6) is 0. The topological polar surface area (TPSA) is 27.7 Å². The SMILES string of the molecule is C[Si](C)(C)O[Si](C)(CCC(F)(F)F)O[Si](C)(Cc1ccc(C(F)(F)F)cc1)O[Si](C)(C)C. The second kappa shape index (κ2) is 10.0. The molecule has 0 amide bonds. The van der Waals surface area contributed by atoms with Gasteiger partial charge < -0.3 is 12.3 Å². The van der Waals surface area contributed by atoms with Crippen LogP contribution in [-0.2, 0) is 24.6 Å². The zero-order valence-corrected chi connectivity index (χ0v) is 23.9. The molecule has 0 saturated carbocycles. The van der Waals surface area contributed by atoms with Gasteiger partial charge in [0.25, 0.3) is 0 Å². The third kappa shape index (κ3) is 11.6. The van der Waals surface area contributed by atoms with Gasteiger partial charge in [-0.15, -0.1) is 0 Å². The first kappa shape index (κ1) is 29.6. The van der Waals surface area contributed by atoms with Crippen LogP contribution in [0, 0.1) is 0 Å². The Kier molecular flexibility index (Phi) is 9.28. The molecule has 1 aromatic carbocycles. The summed E-state index contributed by atoms with van der Waals surface area (Å²) < 4.78 is 96.8. The highest BCUT2D eigenvalue weighted by Crippen LogP contribution is 2.34. The van der Waals surface area contributed by atoms with E-state index in [1.165, 1.54) is 12.1 Å². The molecular weight excluding hydrogens is 503 g/mol. The molecule has 32 heavy (non-hydrogen) atoms. The number of alkyl halides is 6. The van der Waals surface area contributed by atoms with Gasteiger partial charge in [0.1, 0.15) is 0 Å². The average Bonchev–Trinajstić information content (AvgIpc) is 2.47. The number of hydrogen-bond donors (Lipinski definition) is 0. The van der Waals surface area contributed by atoms with Gasteiger partial charge in [0.2, 0.25) is 0 Å². The zero-order chi connectivity index (χ0) is 25.2. The Morgan fingerprint density at radius 2 is 1.09 bits per heavy atom. The molecule has 186 valence electrons. The van der Waals surface area contributed by atoms with Crippen molar-refractivity contribution in [1.82, 2.24) is 0 Å². The van der Waals surface area contributed by atoms with E-state index in [2.05, 4.69) is 0 Å². The molecule has 13 heteroatoms. The van der Waals surface area contributed by atoms with E-state index in [1.54, 1.807) is 13.1 Å². The Labute approximate surface area is 191 Å². The van der Waals surface area contributed by atoms with Gasteiger partial charge in [-0.05, 0) is 76.1 Å². The van der Waals surface area contributed by atoms with Crippen LogP contribution in [0.25, 0.3) is 0 Å². The maximum absolute atomic E-state index is 13.0. The lowest BCUT2D eigenvalue weighted by molar-refractivity contribution is -0.137. The van der Waals surface area contributed by atoms with E-state index < -0.39 is 58.1 Å². The van der Waals surface area contributed by atoms with Crippen LogP contribution in [0.3, 0.4) is 0 Å². The molecule has 2 atom stereocenters. The van der Waals surface area contributed by atoms with Gasteiger partial charge in [0, 0.05) is 12.5 Å². The highest BCUT2D eigenvalue weighted by Gasteiger charge is 2.48. The third-order valence-corrected chi connectivity index (χ3v) is 18.2. The smallest absolute Gasteiger partial charge is 0.416 e. The minimum Gasteiger partial charge on any atom is -0.437 e. The van der Waals surface area contributed by atoms with Crippen LogP contribution < -0.4 is 0 Å². The van der Waals surface area contributed by atoms with Crippen molar-refractivity contribution >= 4 is 33.8 Å². The quantitative estimate of drug-likeness (QED) is 0.228. The second-order valence-corrected chi connectivity index (χ2v) is 26.6. The molecule has 0 N–H and O–H groups in total. The number of halogens is 6. The highest BCUT2D eigenvalue weighted by molar-refractivity contribution is 6.89. The van der Waals surface area contributed by atoms with Gasteiger partial charge in [-0.2, -0.15) is 26.3 Å². The Balaban J connectivity index is 3.27. The van der Waals surface area contributed by atoms with E-state index in [0.29, 0.717) is 5.56 Å². The summed E-state index contributed by atoms with van der Waals surface area (Å²) in [6.45, 7) is 14.9. The van der Waals surface area contributed by atoms with Crippen molar-refractivity contribution in [2.75, 3.05) is 0 Å². The summed E-state index contributed by atoms with van der Waals surface area (Å²) in [4.78, 5) is 0. The molecule has 0 aliphatic heterocycles. The first-order valence-electron chi connectivity index (χ1n) is 10.3. The predicted octanol–water partition coefficient (Wildman–Crippen LogP) is 7.60. The monoisotopic (exact) mass is 536 g/mol. The van der Waals surface area contributed by atoms with E-state index in [1.807, 2.05) is 39.3 Å². The molecule has 2 unspecified atom stereocenters. The molecule has 1 aromatic rings. The van der Waals surface area contributed by atoms with Crippen LogP contribution in [0.15, 0.2) is 24.3 Å². The van der Waals surface area contributed by atoms with Gasteiger partial charge >= 0.3 is 29.5 Å². The standard InChI is InChI=1S/C19H34F6O3Si4/c1-29(2,3)26-31(7,14-13-18(20,21)22)28-32(8,27-30(4,5)6)15-16-9-11-17(12-10-16)19(23,24)25/h9-12H,13-15H2,1-8H3. The number of rotatable bonds is 10. The Morgan fingerprint density at radius 1 is 0.656 bits per heavy atom. The molecule has 0 aliphatic rings. The Bertz CT molecular complexity index is 744. The molecular formula is C19H34F6O3Si4. The second-order valence-electron chi connectivity index (χ2n) is 10.3. The lowest BCUT2D eigenvalue weighted by atomic mass is 10.1. The van der Waals surface area contributed by atoms with E-state index in [9.17, 15) is 26.3 Å². The molecule has 0 aromatic heterocycles. The number of hydrogen-bond acceptors (Lipinski definition) is 3. The third-order valence-electron chi connectivity index (χ3n) is 4.15. The molecule has 0 aliphatic carbocycles. The van der Waals surface area contributed by atoms with Crippen molar-refractivity contribution in [3.05, 3.63) is 35.4 Å². The highest BCUT2D eigenvalue weighted by atomic mass is 28.5. The molecule has 0 fully saturated rings. The van der Waals surface area contributed by atoms with E-state index in [4.69, 9.17) is 12.3 Å². The first-order chi connectivity index (χ1) is 14.0. The molecule has 1 rings (SSSR count). The molecule has 0 spiro atoms. The van der Waals surface area contributed by atoms with Gasteiger partial charge in [-0.3, -0.25) is 0 Å². The maximum Gasteiger partial charge on any atom is 0.416 e. The predicted molar refractivity (Wildman–Crippen MR) is 124 cm³/mol. The molecule has 3 nitrogen and oxygen atoms in total. The summed E-state index contributed by atoms with van der Waals surface area (Å²) in [6.07, 6.45) is -9.80. The summed E-state index contributed by atoms with van der Waals surface area (Å²) in [5.41, 5.74) is -0.172. The van der Waals surface area contributed by atoms with Crippen molar-refractivity contribution in [3.63, 3.8) is 0 Å². The average molecular weight is 537 g/mol. The summed E-state index contributed by atoms with van der Waals surface area (Å²) in [5, 5.41) is 0. The minimum atomic E-state index is -4.45. The van der Waals surface area contributed by atoms with Crippen molar-refractivity contribution in [2.24, 2.45) is 0 Å². The van der Waals surface area contributed by atoms with Gasteiger partial charge in [-0.25, -0.2) is 0 Å². The maximum atomic E-state index is 13.0. The van der Waals surface area contributed by atoms with Crippen molar-refractivity contribution in [1.29, 1.82) is 0 Å².